The normalized spacial score (nSPS) is 11.3. The van der Waals surface area contributed by atoms with Gasteiger partial charge in [-0.15, -0.1) is 0 Å². The van der Waals surface area contributed by atoms with Gasteiger partial charge in [0.15, 0.2) is 0 Å². The summed E-state index contributed by atoms with van der Waals surface area (Å²) in [7, 11) is 2.00. The van der Waals surface area contributed by atoms with Crippen LogP contribution in [0.4, 0.5) is 0 Å². The van der Waals surface area contributed by atoms with E-state index in [9.17, 15) is 9.59 Å². The molecule has 0 aliphatic carbocycles. The van der Waals surface area contributed by atoms with Crippen molar-refractivity contribution < 1.29 is 14.7 Å². The van der Waals surface area contributed by atoms with Crippen LogP contribution in [0.5, 0.6) is 0 Å². The van der Waals surface area contributed by atoms with Crippen LogP contribution in [-0.2, 0) is 4.79 Å². The van der Waals surface area contributed by atoms with Crippen molar-refractivity contribution in [1.82, 2.24) is 15.2 Å². The zero-order valence-electron chi connectivity index (χ0n) is 12.5. The molecule has 1 amide bonds. The van der Waals surface area contributed by atoms with Gasteiger partial charge in [-0.1, -0.05) is 6.07 Å². The van der Waals surface area contributed by atoms with Gasteiger partial charge in [0.1, 0.15) is 5.69 Å². The van der Waals surface area contributed by atoms with E-state index >= 15 is 0 Å². The van der Waals surface area contributed by atoms with Gasteiger partial charge in [0.25, 0.3) is 5.91 Å². The Hall–Kier alpha value is -2.21. The van der Waals surface area contributed by atoms with Crippen molar-refractivity contribution in [2.24, 2.45) is 0 Å². The van der Waals surface area contributed by atoms with Gasteiger partial charge in [0, 0.05) is 31.4 Å². The maximum Gasteiger partial charge on any atom is 0.328 e. The van der Waals surface area contributed by atoms with Crippen LogP contribution in [0.3, 0.4) is 0 Å². The summed E-state index contributed by atoms with van der Waals surface area (Å²) < 4.78 is 0. The summed E-state index contributed by atoms with van der Waals surface area (Å²) in [4.78, 5) is 28.4. The molecule has 0 aromatic carbocycles. The Morgan fingerprint density at radius 1 is 1.43 bits per heavy atom. The standard InChI is InChI=1S/C15H21N3O3/c1-11(2)18(3)9-8-16-15(21)13-6-4-12(10-17-13)5-7-14(19)20/h4-7,10-11H,8-9H2,1-3H3,(H,16,21)(H,19,20). The second kappa shape index (κ2) is 8.16. The molecule has 0 aliphatic heterocycles. The number of carbonyl (C=O) groups is 2. The van der Waals surface area contributed by atoms with Gasteiger partial charge in [-0.05, 0) is 38.6 Å². The molecule has 0 aliphatic rings. The van der Waals surface area contributed by atoms with E-state index in [1.807, 2.05) is 7.05 Å². The lowest BCUT2D eigenvalue weighted by Gasteiger charge is -2.20. The summed E-state index contributed by atoms with van der Waals surface area (Å²) in [5.41, 5.74) is 0.947. The average Bonchev–Trinajstić information content (AvgIpc) is 2.45. The number of nitrogens with zero attached hydrogens (tertiary/aromatic N) is 2. The van der Waals surface area contributed by atoms with E-state index in [2.05, 4.69) is 29.0 Å². The van der Waals surface area contributed by atoms with Crippen molar-refractivity contribution in [2.45, 2.75) is 19.9 Å². The van der Waals surface area contributed by atoms with Crippen LogP contribution in [0.1, 0.15) is 29.9 Å². The molecule has 0 fully saturated rings. The molecule has 0 spiro atoms. The Morgan fingerprint density at radius 3 is 2.67 bits per heavy atom. The third-order valence-corrected chi connectivity index (χ3v) is 3.07. The van der Waals surface area contributed by atoms with E-state index in [0.29, 0.717) is 23.8 Å². The zero-order chi connectivity index (χ0) is 15.8. The highest BCUT2D eigenvalue weighted by molar-refractivity contribution is 5.92. The quantitative estimate of drug-likeness (QED) is 0.739. The second-order valence-corrected chi connectivity index (χ2v) is 4.98. The van der Waals surface area contributed by atoms with Crippen LogP contribution in [0.25, 0.3) is 6.08 Å². The number of pyridine rings is 1. The number of hydrogen-bond donors (Lipinski definition) is 2. The van der Waals surface area contributed by atoms with E-state index in [-0.39, 0.29) is 5.91 Å². The maximum atomic E-state index is 11.9. The Kier molecular flexibility index (Phi) is 6.55. The minimum Gasteiger partial charge on any atom is -0.478 e. The smallest absolute Gasteiger partial charge is 0.328 e. The lowest BCUT2D eigenvalue weighted by Crippen LogP contribution is -2.36. The lowest BCUT2D eigenvalue weighted by atomic mass is 10.2. The highest BCUT2D eigenvalue weighted by Gasteiger charge is 2.07. The Morgan fingerprint density at radius 2 is 2.14 bits per heavy atom. The number of rotatable bonds is 7. The molecule has 21 heavy (non-hydrogen) atoms. The Bertz CT molecular complexity index is 509. The highest BCUT2D eigenvalue weighted by atomic mass is 16.4. The molecule has 6 nitrogen and oxygen atoms in total. The molecule has 0 saturated carbocycles. The van der Waals surface area contributed by atoms with Gasteiger partial charge in [-0.3, -0.25) is 9.78 Å². The highest BCUT2D eigenvalue weighted by Crippen LogP contribution is 2.02. The fourth-order valence-corrected chi connectivity index (χ4v) is 1.50. The molecule has 1 aromatic heterocycles. The summed E-state index contributed by atoms with van der Waals surface area (Å²) in [5.74, 6) is -1.26. The van der Waals surface area contributed by atoms with Crippen LogP contribution in [0.2, 0.25) is 0 Å². The first-order valence-electron chi connectivity index (χ1n) is 6.75. The topological polar surface area (TPSA) is 82.5 Å². The molecule has 1 aromatic rings. The summed E-state index contributed by atoms with van der Waals surface area (Å²) in [6.45, 7) is 5.50. The first-order chi connectivity index (χ1) is 9.90. The van der Waals surface area contributed by atoms with Crippen LogP contribution in [0.15, 0.2) is 24.4 Å². The van der Waals surface area contributed by atoms with E-state index in [1.54, 1.807) is 12.1 Å². The van der Waals surface area contributed by atoms with E-state index < -0.39 is 5.97 Å². The lowest BCUT2D eigenvalue weighted by molar-refractivity contribution is -0.131. The minimum absolute atomic E-state index is 0.235. The van der Waals surface area contributed by atoms with Gasteiger partial charge < -0.3 is 15.3 Å². The third-order valence-electron chi connectivity index (χ3n) is 3.07. The number of nitrogens with one attached hydrogen (secondary N) is 1. The first kappa shape index (κ1) is 16.8. The molecule has 0 bridgehead atoms. The largest absolute Gasteiger partial charge is 0.478 e. The van der Waals surface area contributed by atoms with Gasteiger partial charge >= 0.3 is 5.97 Å². The minimum atomic E-state index is -1.02. The van der Waals surface area contributed by atoms with Crippen molar-refractivity contribution in [3.63, 3.8) is 0 Å². The fraction of sp³-hybridized carbons (Fsp3) is 0.400. The van der Waals surface area contributed by atoms with Gasteiger partial charge in [-0.2, -0.15) is 0 Å². The molecule has 1 heterocycles. The zero-order valence-corrected chi connectivity index (χ0v) is 12.5. The second-order valence-electron chi connectivity index (χ2n) is 4.98. The predicted molar refractivity (Wildman–Crippen MR) is 81.0 cm³/mol. The van der Waals surface area contributed by atoms with E-state index in [4.69, 9.17) is 5.11 Å². The molecule has 2 N–H and O–H groups in total. The van der Waals surface area contributed by atoms with Crippen LogP contribution >= 0.6 is 0 Å². The SMILES string of the molecule is CC(C)N(C)CCNC(=O)c1ccc(C=CC(=O)O)cn1. The molecular weight excluding hydrogens is 270 g/mol. The van der Waals surface area contributed by atoms with Crippen molar-refractivity contribution in [2.75, 3.05) is 20.1 Å². The monoisotopic (exact) mass is 291 g/mol. The number of aliphatic carboxylic acids is 1. The maximum absolute atomic E-state index is 11.9. The summed E-state index contributed by atoms with van der Waals surface area (Å²) in [6, 6.07) is 3.66. The van der Waals surface area contributed by atoms with Crippen molar-refractivity contribution >= 4 is 18.0 Å². The molecule has 6 heteroatoms. The molecule has 0 saturated heterocycles. The Labute approximate surface area is 124 Å². The molecule has 1 rings (SSSR count). The van der Waals surface area contributed by atoms with Crippen LogP contribution < -0.4 is 5.32 Å². The summed E-state index contributed by atoms with van der Waals surface area (Å²) >= 11 is 0. The summed E-state index contributed by atoms with van der Waals surface area (Å²) in [6.07, 6.45) is 3.92. The third kappa shape index (κ3) is 6.18. The number of aromatic nitrogens is 1. The number of carbonyl (C=O) groups excluding carboxylic acids is 1. The van der Waals surface area contributed by atoms with E-state index in [0.717, 1.165) is 12.6 Å². The molecule has 0 unspecified atom stereocenters. The van der Waals surface area contributed by atoms with Gasteiger partial charge in [-0.25, -0.2) is 4.79 Å². The van der Waals surface area contributed by atoms with Crippen molar-refractivity contribution in [3.8, 4) is 0 Å². The Balaban J connectivity index is 2.50. The molecular formula is C15H21N3O3. The number of hydrogen-bond acceptors (Lipinski definition) is 4. The predicted octanol–water partition coefficient (Wildman–Crippen LogP) is 1.25. The number of amides is 1. The molecule has 114 valence electrons. The fourth-order valence-electron chi connectivity index (χ4n) is 1.50. The number of carboxylic acid groups (broad SMARTS) is 1. The first-order valence-corrected chi connectivity index (χ1v) is 6.75. The molecule has 0 atom stereocenters. The molecule has 0 radical (unpaired) electrons. The van der Waals surface area contributed by atoms with Crippen molar-refractivity contribution in [3.05, 3.63) is 35.7 Å². The van der Waals surface area contributed by atoms with Crippen LogP contribution in [0, 0.1) is 0 Å². The average molecular weight is 291 g/mol. The summed E-state index contributed by atoms with van der Waals surface area (Å²) in [5, 5.41) is 11.3. The van der Waals surface area contributed by atoms with E-state index in [1.165, 1.54) is 12.3 Å². The number of carboxylic acids is 1. The van der Waals surface area contributed by atoms with Crippen LogP contribution in [-0.4, -0.2) is 53.0 Å². The van der Waals surface area contributed by atoms with Crippen molar-refractivity contribution in [1.29, 1.82) is 0 Å². The number of likely N-dealkylation sites (N-methyl/N-ethyl adjacent to an activating group) is 1. The van der Waals surface area contributed by atoms with Gasteiger partial charge in [0.05, 0.1) is 0 Å². The van der Waals surface area contributed by atoms with Gasteiger partial charge in [0.2, 0.25) is 0 Å².